The minimum atomic E-state index is -5.08. The van der Waals surface area contributed by atoms with E-state index in [0.717, 1.165) is 0 Å². The third-order valence-electron chi connectivity index (χ3n) is 11.7. The molecule has 4 nitrogen and oxygen atoms in total. The van der Waals surface area contributed by atoms with Crippen LogP contribution in [0.2, 0.25) is 0 Å². The summed E-state index contributed by atoms with van der Waals surface area (Å²) in [5.74, 6) is 4.72. The van der Waals surface area contributed by atoms with Crippen molar-refractivity contribution in [1.29, 1.82) is 0 Å². The van der Waals surface area contributed by atoms with Crippen LogP contribution in [0.1, 0.15) is 55.4 Å². The number of benzene rings is 4. The topological polar surface area (TPSA) is 74.6 Å². The van der Waals surface area contributed by atoms with Gasteiger partial charge in [-0.25, -0.2) is 9.59 Å². The zero-order valence-electron chi connectivity index (χ0n) is 38.2. The smallest absolute Gasteiger partial charge is 0.475 e. The summed E-state index contributed by atoms with van der Waals surface area (Å²) < 4.78 is 63.5. The van der Waals surface area contributed by atoms with Gasteiger partial charge >= 0.3 is 24.3 Å². The summed E-state index contributed by atoms with van der Waals surface area (Å²) in [4.78, 5) is 17.8. The number of hydrogen-bond acceptors (Lipinski definition) is 2. The van der Waals surface area contributed by atoms with Crippen molar-refractivity contribution >= 4 is 64.8 Å². The number of carbonyl (C=O) groups is 2. The van der Waals surface area contributed by atoms with Gasteiger partial charge in [-0.3, -0.25) is 0 Å². The first-order chi connectivity index (χ1) is 31.0. The van der Waals surface area contributed by atoms with E-state index in [1.165, 1.54) is 65.8 Å². The second kappa shape index (κ2) is 23.8. The number of carboxylic acid groups (broad SMARTS) is 2. The molecular weight excluding hydrogens is 1030 g/mol. The van der Waals surface area contributed by atoms with Gasteiger partial charge in [-0.1, -0.05) is 72.8 Å². The fraction of sp³-hybridized carbons (Fsp3) is 0.192. The van der Waals surface area contributed by atoms with E-state index in [2.05, 4.69) is 200 Å². The molecular formula is C52H54F6O4P4Ru+4. The molecule has 4 aromatic rings. The standard InChI is InChI=1S/2C24H24P2.2C2HF3O2.Ru/c2*1-17-15-25(21-11-7-5-8-12-21)23(19(17)3)24-20(4)18(2)16-26(24)22-13-9-6-10-14-22;2*3-2(4,5)1(6)7;/h2*5-16H,1-4H3;2*(H,6,7);/p+4. The van der Waals surface area contributed by atoms with Crippen LogP contribution in [0.5, 0.6) is 0 Å². The molecule has 8 rings (SSSR count). The summed E-state index contributed by atoms with van der Waals surface area (Å²) in [5, 5.41) is 26.9. The van der Waals surface area contributed by atoms with Crippen LogP contribution in [0, 0.1) is 0 Å². The predicted molar refractivity (Wildman–Crippen MR) is 271 cm³/mol. The maximum Gasteiger partial charge on any atom is 0.490 e. The Labute approximate surface area is 406 Å². The second-order valence-corrected chi connectivity index (χ2v) is 24.8. The molecule has 0 amide bonds. The Morgan fingerprint density at radius 3 is 0.642 bits per heavy atom. The van der Waals surface area contributed by atoms with Crippen molar-refractivity contribution in [2.24, 2.45) is 0 Å². The Bertz CT molecular complexity index is 2350. The molecule has 0 saturated carbocycles. The summed E-state index contributed by atoms with van der Waals surface area (Å²) in [6, 6.07) is 44.5. The molecule has 0 fully saturated rings. The van der Waals surface area contributed by atoms with Crippen molar-refractivity contribution < 1.29 is 65.6 Å². The predicted octanol–water partition coefficient (Wildman–Crippen LogP) is 14.2. The van der Waals surface area contributed by atoms with Crippen LogP contribution in [-0.4, -0.2) is 34.5 Å². The van der Waals surface area contributed by atoms with Crippen molar-refractivity contribution in [3.8, 4) is 0 Å². The maximum atomic E-state index is 10.6. The van der Waals surface area contributed by atoms with Gasteiger partial charge in [0.2, 0.25) is 0 Å². The molecule has 0 spiro atoms. The minimum Gasteiger partial charge on any atom is -0.475 e. The molecule has 2 N–H and O–H groups in total. The van der Waals surface area contributed by atoms with Crippen LogP contribution in [0.3, 0.4) is 0 Å². The van der Waals surface area contributed by atoms with Gasteiger partial charge < -0.3 is 10.2 Å². The van der Waals surface area contributed by atoms with Gasteiger partial charge in [-0.15, -0.1) is 0 Å². The number of halogens is 6. The average Bonchev–Trinajstić information content (AvgIpc) is 3.96. The van der Waals surface area contributed by atoms with Crippen LogP contribution in [0.4, 0.5) is 26.3 Å². The van der Waals surface area contributed by atoms with Crippen molar-refractivity contribution in [1.82, 2.24) is 0 Å². The van der Waals surface area contributed by atoms with Crippen molar-refractivity contribution in [2.45, 2.75) is 67.7 Å². The van der Waals surface area contributed by atoms with E-state index in [4.69, 9.17) is 19.8 Å². The fourth-order valence-corrected chi connectivity index (χ4v) is 20.9. The van der Waals surface area contributed by atoms with E-state index in [9.17, 15) is 26.3 Å². The maximum absolute atomic E-state index is 10.6. The molecule has 4 unspecified atom stereocenters. The largest absolute Gasteiger partial charge is 0.490 e. The first-order valence-electron chi connectivity index (χ1n) is 20.9. The number of carboxylic acids is 2. The molecule has 0 aliphatic carbocycles. The first-order valence-corrected chi connectivity index (χ1v) is 27.3. The zero-order chi connectivity index (χ0) is 48.7. The fourth-order valence-electron chi connectivity index (χ4n) is 7.85. The Morgan fingerprint density at radius 2 is 0.507 bits per heavy atom. The normalized spacial score (nSPS) is 20.0. The monoisotopic (exact) mass is 1080 g/mol. The van der Waals surface area contributed by atoms with Crippen molar-refractivity contribution in [2.75, 3.05) is 0 Å². The van der Waals surface area contributed by atoms with E-state index in [1.54, 1.807) is 21.3 Å². The van der Waals surface area contributed by atoms with Crippen LogP contribution < -0.4 is 21.2 Å². The zero-order valence-corrected chi connectivity index (χ0v) is 43.9. The van der Waals surface area contributed by atoms with Gasteiger partial charge in [0.15, 0.2) is 0 Å². The van der Waals surface area contributed by atoms with E-state index in [-0.39, 0.29) is 19.5 Å². The Hall–Kier alpha value is -4.34. The summed E-state index contributed by atoms with van der Waals surface area (Å²) in [5.41, 5.74) is 11.9. The van der Waals surface area contributed by atoms with Gasteiger partial charge in [0.1, 0.15) is 42.5 Å². The average molecular weight is 1080 g/mol. The molecule has 0 aromatic heterocycles. The summed E-state index contributed by atoms with van der Waals surface area (Å²) in [6.07, 6.45) is -10.2. The van der Waals surface area contributed by atoms with Gasteiger partial charge in [-0.2, -0.15) is 26.3 Å². The Balaban J connectivity index is 0.000000226. The van der Waals surface area contributed by atoms with Crippen LogP contribution >= 0.6 is 31.7 Å². The third kappa shape index (κ3) is 13.5. The molecule has 0 saturated heterocycles. The molecule has 67 heavy (non-hydrogen) atoms. The van der Waals surface area contributed by atoms with Gasteiger partial charge in [0.05, 0.1) is 55.0 Å². The minimum absolute atomic E-state index is 0. The van der Waals surface area contributed by atoms with Gasteiger partial charge in [-0.05, 0) is 126 Å². The second-order valence-electron chi connectivity index (χ2n) is 16.0. The van der Waals surface area contributed by atoms with Crippen molar-refractivity contribution in [3.05, 3.63) is 210 Å². The van der Waals surface area contributed by atoms with Crippen LogP contribution in [0.25, 0.3) is 0 Å². The summed E-state index contributed by atoms with van der Waals surface area (Å²) in [7, 11) is -3.41. The van der Waals surface area contributed by atoms with Gasteiger partial charge in [0.25, 0.3) is 0 Å². The van der Waals surface area contributed by atoms with Crippen LogP contribution in [-0.2, 0) is 29.1 Å². The van der Waals surface area contributed by atoms with Crippen molar-refractivity contribution in [3.63, 3.8) is 0 Å². The Morgan fingerprint density at radius 1 is 0.358 bits per heavy atom. The number of hydrogen-bond donors (Lipinski definition) is 2. The molecule has 4 aliphatic rings. The van der Waals surface area contributed by atoms with E-state index < -0.39 is 56.0 Å². The number of alkyl halides is 6. The molecule has 352 valence electrons. The molecule has 4 aromatic carbocycles. The number of aliphatic carboxylic acids is 2. The van der Waals surface area contributed by atoms with E-state index >= 15 is 0 Å². The third-order valence-corrected chi connectivity index (χ3v) is 23.6. The quantitative estimate of drug-likeness (QED) is 0.115. The molecule has 4 heterocycles. The van der Waals surface area contributed by atoms with E-state index in [1.807, 2.05) is 0 Å². The molecule has 4 atom stereocenters. The molecule has 4 aliphatic heterocycles. The van der Waals surface area contributed by atoms with E-state index in [0.29, 0.717) is 0 Å². The molecule has 0 bridgehead atoms. The SMILES string of the molecule is CC1=C[PH+](c2ccccc2)C(C2=C(C)C(C)=C[PH+]2c2ccccc2)=C1C.CC1=C[PH+](c2ccccc2)C(C2=C(C)C(C)=C[PH+]2c2ccccc2)=C1C.O=C(O)C(F)(F)F.O=C(O)C(F)(F)F.[Ru]. The summed E-state index contributed by atoms with van der Waals surface area (Å²) in [6.45, 7) is 18.5. The molecule has 15 heteroatoms. The number of allylic oxidation sites excluding steroid dienone is 12. The Kier molecular flexibility index (Phi) is 19.6. The number of rotatable bonds is 6. The first kappa shape index (κ1) is 55.3. The molecule has 0 radical (unpaired) electrons. The van der Waals surface area contributed by atoms with Gasteiger partial charge in [0, 0.05) is 41.8 Å². The summed E-state index contributed by atoms with van der Waals surface area (Å²) >= 11 is 0. The van der Waals surface area contributed by atoms with Crippen LogP contribution in [0.15, 0.2) is 210 Å².